The minimum atomic E-state index is -0.561. The standard InChI is InChI=1S/C27H38O6/c28-15-14-22-23(25(19-24(22)29)33-27-11-5-7-17-31-27)13-12-21(18-20-8-2-1-3-9-20)32-26-10-4-6-16-30-26/h1-3,8-9,12-13,15,21-27,29H,4-7,10-11,14,16-19H2. The molecule has 1 aliphatic carbocycles. The second-order valence-electron chi connectivity index (χ2n) is 9.46. The summed E-state index contributed by atoms with van der Waals surface area (Å²) in [6.45, 7) is 1.45. The molecule has 6 nitrogen and oxygen atoms in total. The molecule has 2 heterocycles. The first kappa shape index (κ1) is 24.6. The summed E-state index contributed by atoms with van der Waals surface area (Å²) < 4.78 is 24.3. The normalized spacial score (nSPS) is 33.8. The van der Waals surface area contributed by atoms with Gasteiger partial charge in [0.05, 0.1) is 18.3 Å². The second kappa shape index (κ2) is 12.8. The first-order chi connectivity index (χ1) is 16.2. The first-order valence-corrected chi connectivity index (χ1v) is 12.6. The molecule has 1 aromatic carbocycles. The lowest BCUT2D eigenvalue weighted by atomic mass is 9.90. The highest BCUT2D eigenvalue weighted by atomic mass is 16.7. The van der Waals surface area contributed by atoms with Gasteiger partial charge in [0.15, 0.2) is 12.6 Å². The van der Waals surface area contributed by atoms with E-state index in [0.29, 0.717) is 19.4 Å². The topological polar surface area (TPSA) is 74.2 Å². The fraction of sp³-hybridized carbons (Fsp3) is 0.667. The summed E-state index contributed by atoms with van der Waals surface area (Å²) >= 11 is 0. The number of carbonyl (C=O) groups excluding carboxylic acids is 1. The lowest BCUT2D eigenvalue weighted by Gasteiger charge is -2.29. The molecule has 1 N–H and O–H groups in total. The predicted octanol–water partition coefficient (Wildman–Crippen LogP) is 4.19. The van der Waals surface area contributed by atoms with Gasteiger partial charge in [0.25, 0.3) is 0 Å². The van der Waals surface area contributed by atoms with Gasteiger partial charge in [-0.1, -0.05) is 42.5 Å². The van der Waals surface area contributed by atoms with Gasteiger partial charge in [-0.3, -0.25) is 0 Å². The maximum atomic E-state index is 11.3. The van der Waals surface area contributed by atoms with Gasteiger partial charge in [0.1, 0.15) is 6.29 Å². The average molecular weight is 459 g/mol. The van der Waals surface area contributed by atoms with Gasteiger partial charge in [-0.05, 0) is 44.1 Å². The summed E-state index contributed by atoms with van der Waals surface area (Å²) in [5, 5.41) is 10.7. The lowest BCUT2D eigenvalue weighted by Crippen LogP contribution is -2.31. The van der Waals surface area contributed by atoms with E-state index in [1.807, 2.05) is 18.2 Å². The van der Waals surface area contributed by atoms with Crippen molar-refractivity contribution in [3.8, 4) is 0 Å². The fourth-order valence-electron chi connectivity index (χ4n) is 5.23. The Balaban J connectivity index is 1.48. The number of benzene rings is 1. The molecule has 6 heteroatoms. The smallest absolute Gasteiger partial charge is 0.158 e. The van der Waals surface area contributed by atoms with Crippen LogP contribution in [0, 0.1) is 11.8 Å². The molecule has 33 heavy (non-hydrogen) atoms. The van der Waals surface area contributed by atoms with E-state index in [9.17, 15) is 9.90 Å². The zero-order valence-electron chi connectivity index (χ0n) is 19.4. The van der Waals surface area contributed by atoms with Crippen LogP contribution in [0.4, 0.5) is 0 Å². The summed E-state index contributed by atoms with van der Waals surface area (Å²) in [4.78, 5) is 11.3. The van der Waals surface area contributed by atoms with Crippen molar-refractivity contribution in [1.82, 2.24) is 0 Å². The maximum Gasteiger partial charge on any atom is 0.158 e. The molecule has 3 fully saturated rings. The molecule has 7 unspecified atom stereocenters. The molecule has 7 atom stereocenters. The third-order valence-electron chi connectivity index (χ3n) is 7.02. The van der Waals surface area contributed by atoms with E-state index in [1.165, 1.54) is 5.56 Å². The Labute approximate surface area is 197 Å². The Bertz CT molecular complexity index is 725. The van der Waals surface area contributed by atoms with Crippen LogP contribution < -0.4 is 0 Å². The zero-order valence-corrected chi connectivity index (χ0v) is 19.4. The molecule has 0 amide bonds. The zero-order chi connectivity index (χ0) is 22.9. The van der Waals surface area contributed by atoms with E-state index in [2.05, 4.69) is 24.3 Å². The molecule has 2 aliphatic heterocycles. The number of ether oxygens (including phenoxy) is 4. The number of hydrogen-bond acceptors (Lipinski definition) is 6. The lowest BCUT2D eigenvalue weighted by molar-refractivity contribution is -0.193. The van der Waals surface area contributed by atoms with Gasteiger partial charge < -0.3 is 28.8 Å². The summed E-state index contributed by atoms with van der Waals surface area (Å²) in [6, 6.07) is 10.3. The third kappa shape index (κ3) is 7.20. The van der Waals surface area contributed by atoms with Crippen molar-refractivity contribution in [2.45, 2.75) is 88.7 Å². The predicted molar refractivity (Wildman–Crippen MR) is 124 cm³/mol. The van der Waals surface area contributed by atoms with Crippen molar-refractivity contribution in [3.05, 3.63) is 48.0 Å². The van der Waals surface area contributed by atoms with E-state index < -0.39 is 6.10 Å². The van der Waals surface area contributed by atoms with E-state index in [-0.39, 0.29) is 36.6 Å². The molecular weight excluding hydrogens is 420 g/mol. The second-order valence-corrected chi connectivity index (χ2v) is 9.46. The largest absolute Gasteiger partial charge is 0.393 e. The molecule has 2 saturated heterocycles. The van der Waals surface area contributed by atoms with E-state index in [0.717, 1.165) is 57.8 Å². The van der Waals surface area contributed by atoms with E-state index in [4.69, 9.17) is 18.9 Å². The Morgan fingerprint density at radius 2 is 1.76 bits per heavy atom. The maximum absolute atomic E-state index is 11.3. The molecule has 182 valence electrons. The van der Waals surface area contributed by atoms with Crippen LogP contribution in [0.1, 0.15) is 56.9 Å². The Morgan fingerprint density at radius 3 is 2.42 bits per heavy atom. The van der Waals surface area contributed by atoms with Gasteiger partial charge in [0, 0.05) is 44.3 Å². The SMILES string of the molecule is O=CCC1C(O)CC(OC2CCCCO2)C1C=CC(Cc1ccccc1)OC1CCCCO1. The molecule has 0 bridgehead atoms. The molecule has 0 spiro atoms. The van der Waals surface area contributed by atoms with Crippen LogP contribution in [0.15, 0.2) is 42.5 Å². The van der Waals surface area contributed by atoms with E-state index >= 15 is 0 Å². The van der Waals surface area contributed by atoms with Crippen LogP contribution in [0.25, 0.3) is 0 Å². The Hall–Kier alpha value is -1.57. The van der Waals surface area contributed by atoms with Crippen molar-refractivity contribution in [2.75, 3.05) is 13.2 Å². The summed E-state index contributed by atoms with van der Waals surface area (Å²) in [7, 11) is 0. The fourth-order valence-corrected chi connectivity index (χ4v) is 5.23. The number of hydrogen-bond donors (Lipinski definition) is 1. The van der Waals surface area contributed by atoms with Crippen LogP contribution in [0.3, 0.4) is 0 Å². The Morgan fingerprint density at radius 1 is 1.03 bits per heavy atom. The molecule has 3 aliphatic rings. The molecular formula is C27H38O6. The monoisotopic (exact) mass is 458 g/mol. The van der Waals surface area contributed by atoms with Crippen LogP contribution in [-0.4, -0.2) is 55.5 Å². The molecule has 4 rings (SSSR count). The number of rotatable bonds is 10. The van der Waals surface area contributed by atoms with Crippen LogP contribution in [-0.2, 0) is 30.2 Å². The number of aliphatic hydroxyl groups excluding tert-OH is 1. The quantitative estimate of drug-likeness (QED) is 0.419. The van der Waals surface area contributed by atoms with Gasteiger partial charge in [-0.2, -0.15) is 0 Å². The number of carbonyl (C=O) groups is 1. The number of aliphatic hydroxyl groups is 1. The van der Waals surface area contributed by atoms with E-state index in [1.54, 1.807) is 0 Å². The van der Waals surface area contributed by atoms with Crippen molar-refractivity contribution in [2.24, 2.45) is 11.8 Å². The third-order valence-corrected chi connectivity index (χ3v) is 7.02. The van der Waals surface area contributed by atoms with Crippen molar-refractivity contribution in [3.63, 3.8) is 0 Å². The summed E-state index contributed by atoms with van der Waals surface area (Å²) in [6.07, 6.45) is 11.5. The van der Waals surface area contributed by atoms with Crippen LogP contribution in [0.5, 0.6) is 0 Å². The van der Waals surface area contributed by atoms with Gasteiger partial charge in [-0.25, -0.2) is 0 Å². The van der Waals surface area contributed by atoms with Crippen molar-refractivity contribution < 1.29 is 28.8 Å². The minimum Gasteiger partial charge on any atom is -0.393 e. The highest BCUT2D eigenvalue weighted by Gasteiger charge is 2.43. The van der Waals surface area contributed by atoms with Crippen LogP contribution >= 0.6 is 0 Å². The highest BCUT2D eigenvalue weighted by molar-refractivity contribution is 5.50. The molecule has 0 aromatic heterocycles. The molecule has 1 aromatic rings. The summed E-state index contributed by atoms with van der Waals surface area (Å²) in [5.41, 5.74) is 1.20. The minimum absolute atomic E-state index is 0.0649. The average Bonchev–Trinajstić information content (AvgIpc) is 3.13. The number of aldehydes is 1. The van der Waals surface area contributed by atoms with Crippen molar-refractivity contribution in [1.29, 1.82) is 0 Å². The van der Waals surface area contributed by atoms with Gasteiger partial charge in [-0.15, -0.1) is 0 Å². The Kier molecular flexibility index (Phi) is 9.50. The highest BCUT2D eigenvalue weighted by Crippen LogP contribution is 2.39. The van der Waals surface area contributed by atoms with Gasteiger partial charge >= 0.3 is 0 Å². The van der Waals surface area contributed by atoms with Crippen molar-refractivity contribution >= 4 is 6.29 Å². The van der Waals surface area contributed by atoms with Crippen LogP contribution in [0.2, 0.25) is 0 Å². The molecule has 0 radical (unpaired) electrons. The van der Waals surface area contributed by atoms with Gasteiger partial charge in [0.2, 0.25) is 0 Å². The summed E-state index contributed by atoms with van der Waals surface area (Å²) in [5.74, 6) is -0.222. The first-order valence-electron chi connectivity index (χ1n) is 12.6. The molecule has 1 saturated carbocycles.